The summed E-state index contributed by atoms with van der Waals surface area (Å²) in [5, 5.41) is 2.33. The lowest BCUT2D eigenvalue weighted by Crippen LogP contribution is -2.47. The van der Waals surface area contributed by atoms with E-state index in [-0.39, 0.29) is 30.3 Å². The molecule has 1 rings (SSSR count). The molecule has 0 spiro atoms. The van der Waals surface area contributed by atoms with Crippen molar-refractivity contribution in [3.63, 3.8) is 0 Å². The fourth-order valence-corrected chi connectivity index (χ4v) is 2.35. The second-order valence-electron chi connectivity index (χ2n) is 4.75. The highest BCUT2D eigenvalue weighted by atomic mass is 19.4. The number of hydrogen-bond donors (Lipinski definition) is 2. The van der Waals surface area contributed by atoms with Crippen molar-refractivity contribution in [2.24, 2.45) is 17.6 Å². The van der Waals surface area contributed by atoms with Gasteiger partial charge in [0.05, 0.1) is 12.3 Å². The van der Waals surface area contributed by atoms with Crippen molar-refractivity contribution in [2.45, 2.75) is 44.8 Å². The number of nitrogens with two attached hydrogens (primary N) is 1. The average Bonchev–Trinajstić information content (AvgIpc) is 2.15. The van der Waals surface area contributed by atoms with Gasteiger partial charge in [0.2, 0.25) is 5.91 Å². The number of carbonyl (C=O) groups is 1. The Kier molecular flexibility index (Phi) is 4.80. The highest BCUT2D eigenvalue weighted by molar-refractivity contribution is 5.79. The zero-order valence-corrected chi connectivity index (χ0v) is 9.89. The van der Waals surface area contributed by atoms with Gasteiger partial charge in [0.15, 0.2) is 0 Å². The van der Waals surface area contributed by atoms with Crippen LogP contribution in [-0.2, 0) is 4.79 Å². The van der Waals surface area contributed by atoms with Crippen molar-refractivity contribution in [2.75, 3.05) is 6.54 Å². The molecule has 0 aromatic rings. The first-order chi connectivity index (χ1) is 7.81. The minimum atomic E-state index is -4.23. The Hall–Kier alpha value is -0.780. The summed E-state index contributed by atoms with van der Waals surface area (Å²) in [7, 11) is 0. The van der Waals surface area contributed by atoms with Crippen LogP contribution in [0.2, 0.25) is 0 Å². The van der Waals surface area contributed by atoms with Crippen LogP contribution in [0.4, 0.5) is 13.2 Å². The summed E-state index contributed by atoms with van der Waals surface area (Å²) >= 11 is 0. The quantitative estimate of drug-likeness (QED) is 0.805. The summed E-state index contributed by atoms with van der Waals surface area (Å²) in [6.45, 7) is 1.56. The van der Waals surface area contributed by atoms with Crippen molar-refractivity contribution < 1.29 is 18.0 Å². The predicted molar refractivity (Wildman–Crippen MR) is 58.2 cm³/mol. The molecule has 0 saturated heterocycles. The molecule has 0 radical (unpaired) electrons. The van der Waals surface area contributed by atoms with Gasteiger partial charge in [0, 0.05) is 12.6 Å². The molecule has 3 atom stereocenters. The van der Waals surface area contributed by atoms with Gasteiger partial charge < -0.3 is 11.1 Å². The summed E-state index contributed by atoms with van der Waals surface area (Å²) in [5.41, 5.74) is 5.84. The lowest BCUT2D eigenvalue weighted by molar-refractivity contribution is -0.137. The number of amides is 1. The van der Waals surface area contributed by atoms with Crippen LogP contribution in [0.3, 0.4) is 0 Å². The van der Waals surface area contributed by atoms with Gasteiger partial charge in [-0.25, -0.2) is 0 Å². The Morgan fingerprint density at radius 1 is 1.41 bits per heavy atom. The second-order valence-corrected chi connectivity index (χ2v) is 4.75. The van der Waals surface area contributed by atoms with E-state index in [0.29, 0.717) is 0 Å². The molecule has 0 aliphatic heterocycles. The van der Waals surface area contributed by atoms with Crippen molar-refractivity contribution in [3.8, 4) is 0 Å². The normalized spacial score (nSPS) is 30.1. The fraction of sp³-hybridized carbons (Fsp3) is 0.909. The van der Waals surface area contributed by atoms with Crippen LogP contribution in [0.25, 0.3) is 0 Å². The Balaban J connectivity index is 2.40. The number of nitrogens with one attached hydrogen (secondary N) is 1. The molecule has 3 unspecified atom stereocenters. The topological polar surface area (TPSA) is 55.1 Å². The lowest BCUT2D eigenvalue weighted by atomic mass is 9.76. The van der Waals surface area contributed by atoms with Gasteiger partial charge in [0.25, 0.3) is 0 Å². The molecule has 0 aromatic carbocycles. The number of alkyl halides is 3. The standard InChI is InChI=1S/C11H19F3N2O/c1-7-3-2-4-8(15)9(7)10(17)16-6-5-11(12,13)14/h7-9H,2-6,15H2,1H3,(H,16,17). The Morgan fingerprint density at radius 3 is 2.59 bits per heavy atom. The van der Waals surface area contributed by atoms with Crippen molar-refractivity contribution in [1.29, 1.82) is 0 Å². The third-order valence-corrected chi connectivity index (χ3v) is 3.28. The van der Waals surface area contributed by atoms with Crippen LogP contribution in [0.1, 0.15) is 32.6 Å². The molecule has 1 amide bonds. The molecule has 0 aromatic heterocycles. The molecule has 17 heavy (non-hydrogen) atoms. The average molecular weight is 252 g/mol. The number of halogens is 3. The van der Waals surface area contributed by atoms with Crippen LogP contribution >= 0.6 is 0 Å². The molecular formula is C11H19F3N2O. The Labute approximate surface area is 98.9 Å². The van der Waals surface area contributed by atoms with Gasteiger partial charge in [-0.2, -0.15) is 13.2 Å². The molecule has 1 aliphatic rings. The zero-order valence-electron chi connectivity index (χ0n) is 9.89. The first kappa shape index (κ1) is 14.3. The number of rotatable bonds is 3. The molecule has 1 saturated carbocycles. The van der Waals surface area contributed by atoms with Crippen LogP contribution in [0, 0.1) is 11.8 Å². The molecule has 100 valence electrons. The zero-order chi connectivity index (χ0) is 13.1. The summed E-state index contributed by atoms with van der Waals surface area (Å²) < 4.78 is 35.8. The van der Waals surface area contributed by atoms with E-state index in [2.05, 4.69) is 5.32 Å². The third-order valence-electron chi connectivity index (χ3n) is 3.28. The molecule has 6 heteroatoms. The van der Waals surface area contributed by atoms with Gasteiger partial charge in [-0.1, -0.05) is 13.3 Å². The minimum absolute atomic E-state index is 0.143. The van der Waals surface area contributed by atoms with E-state index in [0.717, 1.165) is 19.3 Å². The van der Waals surface area contributed by atoms with E-state index >= 15 is 0 Å². The minimum Gasteiger partial charge on any atom is -0.355 e. The maximum absolute atomic E-state index is 11.9. The predicted octanol–water partition coefficient (Wildman–Crippen LogP) is 1.82. The smallest absolute Gasteiger partial charge is 0.355 e. The van der Waals surface area contributed by atoms with E-state index in [1.165, 1.54) is 0 Å². The molecular weight excluding hydrogens is 233 g/mol. The van der Waals surface area contributed by atoms with Gasteiger partial charge in [0.1, 0.15) is 0 Å². The lowest BCUT2D eigenvalue weighted by Gasteiger charge is -2.33. The summed E-state index contributed by atoms with van der Waals surface area (Å²) in [6.07, 6.45) is -2.57. The summed E-state index contributed by atoms with van der Waals surface area (Å²) in [4.78, 5) is 11.7. The second kappa shape index (κ2) is 5.71. The molecule has 3 N–H and O–H groups in total. The summed E-state index contributed by atoms with van der Waals surface area (Å²) in [5.74, 6) is -0.546. The van der Waals surface area contributed by atoms with Crippen LogP contribution in [0.15, 0.2) is 0 Å². The van der Waals surface area contributed by atoms with Gasteiger partial charge in [-0.05, 0) is 18.8 Å². The Morgan fingerprint density at radius 2 is 2.06 bits per heavy atom. The van der Waals surface area contributed by atoms with Crippen LogP contribution in [-0.4, -0.2) is 24.7 Å². The van der Waals surface area contributed by atoms with E-state index in [9.17, 15) is 18.0 Å². The van der Waals surface area contributed by atoms with Gasteiger partial charge in [-0.15, -0.1) is 0 Å². The highest BCUT2D eigenvalue weighted by Gasteiger charge is 2.34. The molecule has 1 fully saturated rings. The molecule has 0 heterocycles. The molecule has 1 aliphatic carbocycles. The van der Waals surface area contributed by atoms with Crippen molar-refractivity contribution in [1.82, 2.24) is 5.32 Å². The van der Waals surface area contributed by atoms with Gasteiger partial charge >= 0.3 is 6.18 Å². The Bertz CT molecular complexity index is 258. The van der Waals surface area contributed by atoms with Crippen LogP contribution < -0.4 is 11.1 Å². The largest absolute Gasteiger partial charge is 0.390 e. The maximum Gasteiger partial charge on any atom is 0.390 e. The summed E-state index contributed by atoms with van der Waals surface area (Å²) in [6, 6.07) is -0.232. The monoisotopic (exact) mass is 252 g/mol. The van der Waals surface area contributed by atoms with E-state index in [4.69, 9.17) is 5.73 Å². The third kappa shape index (κ3) is 4.53. The maximum atomic E-state index is 11.9. The van der Waals surface area contributed by atoms with Crippen molar-refractivity contribution in [3.05, 3.63) is 0 Å². The van der Waals surface area contributed by atoms with Crippen molar-refractivity contribution >= 4 is 5.91 Å². The van der Waals surface area contributed by atoms with Gasteiger partial charge in [-0.3, -0.25) is 4.79 Å². The number of carbonyl (C=O) groups excluding carboxylic acids is 1. The van der Waals surface area contributed by atoms with E-state index in [1.807, 2.05) is 6.92 Å². The molecule has 0 bridgehead atoms. The first-order valence-corrected chi connectivity index (χ1v) is 5.91. The van der Waals surface area contributed by atoms with Crippen LogP contribution in [0.5, 0.6) is 0 Å². The fourth-order valence-electron chi connectivity index (χ4n) is 2.35. The SMILES string of the molecule is CC1CCCC(N)C1C(=O)NCCC(F)(F)F. The molecule has 3 nitrogen and oxygen atoms in total. The number of hydrogen-bond acceptors (Lipinski definition) is 2. The highest BCUT2D eigenvalue weighted by Crippen LogP contribution is 2.29. The van der Waals surface area contributed by atoms with E-state index in [1.54, 1.807) is 0 Å². The first-order valence-electron chi connectivity index (χ1n) is 5.91. The van der Waals surface area contributed by atoms with E-state index < -0.39 is 12.6 Å².